The average Bonchev–Trinajstić information content (AvgIpc) is 3.80. The Morgan fingerprint density at radius 2 is 1.43 bits per heavy atom. The monoisotopic (exact) mass is 811 g/mol. The topological polar surface area (TPSA) is 138 Å². The number of rotatable bonds is 35. The first-order valence-electron chi connectivity index (χ1n) is 21.9. The summed E-state index contributed by atoms with van der Waals surface area (Å²) in [5.74, 6) is -0.865. The summed E-state index contributed by atoms with van der Waals surface area (Å²) in [7, 11) is 1.36. The number of epoxide rings is 1. The zero-order valence-corrected chi connectivity index (χ0v) is 36.5. The van der Waals surface area contributed by atoms with Crippen LogP contribution in [0.2, 0.25) is 0 Å². The Kier molecular flexibility index (Phi) is 26.0. The molecule has 1 aliphatic heterocycles. The molecular weight excluding hydrogens is 733 g/mol. The summed E-state index contributed by atoms with van der Waals surface area (Å²) in [6, 6.07) is 0. The van der Waals surface area contributed by atoms with Gasteiger partial charge in [-0.1, -0.05) is 122 Å². The smallest absolute Gasteiger partial charge is 0.462 e. The molecule has 0 saturated carbocycles. The van der Waals surface area contributed by atoms with Crippen molar-refractivity contribution in [3.05, 3.63) is 36.0 Å². The Bertz CT molecular complexity index is 1260. The van der Waals surface area contributed by atoms with Gasteiger partial charge in [0.1, 0.15) is 25.9 Å². The number of allylic oxidation sites excluding steroid dienone is 5. The van der Waals surface area contributed by atoms with Gasteiger partial charge < -0.3 is 23.6 Å². The van der Waals surface area contributed by atoms with Gasteiger partial charge in [0.2, 0.25) is 0 Å². The minimum Gasteiger partial charge on any atom is -0.462 e. The van der Waals surface area contributed by atoms with Gasteiger partial charge in [-0.3, -0.25) is 23.4 Å². The summed E-state index contributed by atoms with van der Waals surface area (Å²) in [5.41, 5.74) is 0.768. The predicted molar refractivity (Wildman–Crippen MR) is 222 cm³/mol. The standard InChI is InChI=1S/C44H76NO10P/c1-6-8-10-12-14-15-16-17-18-19-20-22-24-28-43(47)51-35-38(36-53-56(49,50)52-33-32-45(3,4)5)54-44(48)29-25-27-41-42(55-41)34-39-37(30-31-40(39)46)26-23-21-13-11-9-7-2/h21,23,30-31,34,37-38,41-42H,6-20,22,24-29,32-33,35-36H2,1-5H3/p+1/t37-,38+,41+,42+/m0/s1. The maximum atomic E-state index is 12.8. The second-order valence-corrected chi connectivity index (χ2v) is 18.0. The summed E-state index contributed by atoms with van der Waals surface area (Å²) in [6.45, 7) is 4.16. The predicted octanol–water partition coefficient (Wildman–Crippen LogP) is 9.91. The third kappa shape index (κ3) is 25.3. The number of unbranched alkanes of at least 4 members (excludes halogenated alkanes) is 15. The van der Waals surface area contributed by atoms with Gasteiger partial charge in [0.15, 0.2) is 11.9 Å². The van der Waals surface area contributed by atoms with Gasteiger partial charge in [-0.05, 0) is 50.7 Å². The molecule has 0 aromatic heterocycles. The molecule has 5 atom stereocenters. The van der Waals surface area contributed by atoms with Crippen molar-refractivity contribution in [2.75, 3.05) is 47.5 Å². The fraction of sp³-hybridized carbons (Fsp3) is 0.795. The normalized spacial score (nSPS) is 20.5. The van der Waals surface area contributed by atoms with E-state index in [9.17, 15) is 23.8 Å². The SMILES string of the molecule is CCCCCC=CC[C@H]1C=CC(=O)C1=C[C@H]1O[C@@H]1CCCC(=O)O[C@H](COC(=O)CCCCCCCCCCCCCCC)COP(=O)(O)OCC[N+](C)(C)C. The van der Waals surface area contributed by atoms with Crippen LogP contribution in [-0.4, -0.2) is 92.9 Å². The number of phosphoric ester groups is 1. The van der Waals surface area contributed by atoms with Crippen molar-refractivity contribution in [3.63, 3.8) is 0 Å². The first-order chi connectivity index (χ1) is 26.8. The molecule has 1 N–H and O–H groups in total. The quantitative estimate of drug-likeness (QED) is 0.0125. The maximum absolute atomic E-state index is 12.8. The highest BCUT2D eigenvalue weighted by Crippen LogP contribution is 2.43. The molecule has 11 nitrogen and oxygen atoms in total. The van der Waals surface area contributed by atoms with E-state index in [1.54, 1.807) is 6.08 Å². The van der Waals surface area contributed by atoms with Crippen LogP contribution < -0.4 is 0 Å². The van der Waals surface area contributed by atoms with E-state index < -0.39 is 32.5 Å². The Hall–Kier alpha value is -2.14. The first-order valence-corrected chi connectivity index (χ1v) is 23.3. The summed E-state index contributed by atoms with van der Waals surface area (Å²) in [4.78, 5) is 48.1. The molecule has 0 aromatic rings. The van der Waals surface area contributed by atoms with E-state index in [2.05, 4.69) is 26.0 Å². The molecule has 322 valence electrons. The number of likely N-dealkylation sites (N-methyl/N-ethyl adjacent to an activating group) is 1. The minimum absolute atomic E-state index is 0.00173. The zero-order chi connectivity index (χ0) is 41.1. The van der Waals surface area contributed by atoms with Crippen LogP contribution in [0, 0.1) is 5.92 Å². The second-order valence-electron chi connectivity index (χ2n) is 16.6. The maximum Gasteiger partial charge on any atom is 0.472 e. The van der Waals surface area contributed by atoms with Crippen LogP contribution in [0.25, 0.3) is 0 Å². The van der Waals surface area contributed by atoms with Crippen LogP contribution in [0.3, 0.4) is 0 Å². The number of phosphoric acid groups is 1. The van der Waals surface area contributed by atoms with Crippen LogP contribution in [0.15, 0.2) is 36.0 Å². The Morgan fingerprint density at radius 3 is 2.07 bits per heavy atom. The van der Waals surface area contributed by atoms with E-state index in [0.717, 1.165) is 37.7 Å². The molecule has 2 aliphatic rings. The molecule has 56 heavy (non-hydrogen) atoms. The lowest BCUT2D eigenvalue weighted by molar-refractivity contribution is -0.870. The van der Waals surface area contributed by atoms with Gasteiger partial charge in [-0.2, -0.15) is 0 Å². The van der Waals surface area contributed by atoms with Crippen molar-refractivity contribution in [3.8, 4) is 0 Å². The Morgan fingerprint density at radius 1 is 0.821 bits per heavy atom. The summed E-state index contributed by atoms with van der Waals surface area (Å²) in [5, 5.41) is 0. The summed E-state index contributed by atoms with van der Waals surface area (Å²) in [6.07, 6.45) is 31.1. The number of carbonyl (C=O) groups is 3. The fourth-order valence-electron chi connectivity index (χ4n) is 6.58. The molecular formula is C44H77NO10P+. The van der Waals surface area contributed by atoms with Crippen molar-refractivity contribution in [1.82, 2.24) is 0 Å². The number of carbonyl (C=O) groups excluding carboxylic acids is 3. The molecule has 0 radical (unpaired) electrons. The van der Waals surface area contributed by atoms with Gasteiger partial charge in [-0.15, -0.1) is 0 Å². The summed E-state index contributed by atoms with van der Waals surface area (Å²) >= 11 is 0. The Labute approximate surface area is 339 Å². The first kappa shape index (κ1) is 50.0. The number of hydrogen-bond acceptors (Lipinski definition) is 9. The van der Waals surface area contributed by atoms with E-state index in [1.807, 2.05) is 33.3 Å². The molecule has 1 heterocycles. The highest BCUT2D eigenvalue weighted by Gasteiger charge is 2.38. The van der Waals surface area contributed by atoms with E-state index >= 15 is 0 Å². The van der Waals surface area contributed by atoms with Crippen molar-refractivity contribution in [2.45, 2.75) is 173 Å². The molecule has 0 amide bonds. The summed E-state index contributed by atoms with van der Waals surface area (Å²) < 4.78 is 40.1. The van der Waals surface area contributed by atoms with E-state index in [0.29, 0.717) is 30.3 Å². The second kappa shape index (κ2) is 29.1. The lowest BCUT2D eigenvalue weighted by atomic mass is 9.96. The van der Waals surface area contributed by atoms with Crippen molar-refractivity contribution >= 4 is 25.5 Å². The minimum atomic E-state index is -4.43. The largest absolute Gasteiger partial charge is 0.472 e. The number of ether oxygens (including phenoxy) is 3. The number of hydrogen-bond donors (Lipinski definition) is 1. The molecule has 0 bridgehead atoms. The third-order valence-electron chi connectivity index (χ3n) is 10.2. The molecule has 1 fully saturated rings. The Balaban J connectivity index is 1.74. The van der Waals surface area contributed by atoms with E-state index in [1.165, 1.54) is 77.0 Å². The third-order valence-corrected chi connectivity index (χ3v) is 11.2. The highest BCUT2D eigenvalue weighted by atomic mass is 31.2. The zero-order valence-electron chi connectivity index (χ0n) is 35.6. The number of quaternary nitrogens is 1. The van der Waals surface area contributed by atoms with Gasteiger partial charge >= 0.3 is 19.8 Å². The van der Waals surface area contributed by atoms with Crippen LogP contribution in [0.5, 0.6) is 0 Å². The van der Waals surface area contributed by atoms with Crippen LogP contribution in [0.4, 0.5) is 0 Å². The molecule has 12 heteroatoms. The number of ketones is 1. The van der Waals surface area contributed by atoms with Crippen molar-refractivity contribution in [2.24, 2.45) is 5.92 Å². The van der Waals surface area contributed by atoms with Crippen molar-refractivity contribution in [1.29, 1.82) is 0 Å². The van der Waals surface area contributed by atoms with Gasteiger partial charge in [-0.25, -0.2) is 4.57 Å². The molecule has 0 spiro atoms. The molecule has 1 unspecified atom stereocenters. The van der Waals surface area contributed by atoms with E-state index in [-0.39, 0.29) is 50.0 Å². The van der Waals surface area contributed by atoms with Gasteiger partial charge in [0.25, 0.3) is 0 Å². The van der Waals surface area contributed by atoms with Gasteiger partial charge in [0.05, 0.1) is 33.9 Å². The molecule has 2 rings (SSSR count). The average molecular weight is 811 g/mol. The number of esters is 2. The molecule has 1 saturated heterocycles. The fourth-order valence-corrected chi connectivity index (χ4v) is 7.32. The number of nitrogens with zero attached hydrogens (tertiary/aromatic N) is 1. The lowest BCUT2D eigenvalue weighted by Crippen LogP contribution is -2.37. The van der Waals surface area contributed by atoms with Crippen LogP contribution in [-0.2, 0) is 42.2 Å². The van der Waals surface area contributed by atoms with Crippen molar-refractivity contribution < 1.29 is 51.6 Å². The van der Waals surface area contributed by atoms with Crippen LogP contribution in [0.1, 0.15) is 155 Å². The lowest BCUT2D eigenvalue weighted by Gasteiger charge is -2.24. The van der Waals surface area contributed by atoms with E-state index in [4.69, 9.17) is 23.3 Å². The molecule has 1 aliphatic carbocycles. The van der Waals surface area contributed by atoms with Gasteiger partial charge in [0, 0.05) is 24.3 Å². The molecule has 0 aromatic carbocycles. The van der Waals surface area contributed by atoms with Crippen LogP contribution >= 0.6 is 7.82 Å². The highest BCUT2D eigenvalue weighted by molar-refractivity contribution is 7.47.